The van der Waals surface area contributed by atoms with Crippen molar-refractivity contribution in [1.82, 2.24) is 4.90 Å². The van der Waals surface area contributed by atoms with Crippen LogP contribution in [0.5, 0.6) is 0 Å². The van der Waals surface area contributed by atoms with Crippen molar-refractivity contribution in [2.75, 3.05) is 19.5 Å². The van der Waals surface area contributed by atoms with Crippen LogP contribution >= 0.6 is 0 Å². The van der Waals surface area contributed by atoms with Crippen LogP contribution in [0, 0.1) is 0 Å². The number of piperidine rings is 1. The van der Waals surface area contributed by atoms with Crippen LogP contribution in [0.1, 0.15) is 44.1 Å². The van der Waals surface area contributed by atoms with E-state index in [1.165, 1.54) is 7.11 Å². The lowest BCUT2D eigenvalue weighted by atomic mass is 9.67. The van der Waals surface area contributed by atoms with E-state index in [0.29, 0.717) is 25.7 Å². The Morgan fingerprint density at radius 1 is 1.17 bits per heavy atom. The smallest absolute Gasteiger partial charge is 0.323 e. The number of carbonyl (C=O) groups is 3. The second-order valence-electron chi connectivity index (χ2n) is 8.74. The lowest BCUT2D eigenvalue weighted by molar-refractivity contribution is -0.170. The topological polar surface area (TPSA) is 84.9 Å². The second-order valence-corrected chi connectivity index (χ2v) is 8.74. The molecule has 2 saturated heterocycles. The van der Waals surface area contributed by atoms with Crippen LogP contribution in [-0.4, -0.2) is 60.5 Å². The van der Waals surface area contributed by atoms with Gasteiger partial charge in [0.25, 0.3) is 0 Å². The van der Waals surface area contributed by atoms with E-state index < -0.39 is 17.1 Å². The lowest BCUT2D eigenvalue weighted by Gasteiger charge is -2.54. The maximum Gasteiger partial charge on any atom is 0.323 e. The molecule has 1 aliphatic carbocycles. The van der Waals surface area contributed by atoms with Crippen molar-refractivity contribution in [3.05, 3.63) is 29.8 Å². The summed E-state index contributed by atoms with van der Waals surface area (Å²) in [6.45, 7) is 0. The van der Waals surface area contributed by atoms with E-state index in [4.69, 9.17) is 9.47 Å². The van der Waals surface area contributed by atoms with E-state index in [-0.39, 0.29) is 29.7 Å². The van der Waals surface area contributed by atoms with Crippen LogP contribution in [0.25, 0.3) is 0 Å². The monoisotopic (exact) mass is 398 g/mol. The van der Waals surface area contributed by atoms with Crippen LogP contribution < -0.4 is 5.32 Å². The number of ether oxygens (including phenoxy) is 2. The largest absolute Gasteiger partial charge is 0.468 e. The van der Waals surface area contributed by atoms with E-state index in [1.807, 2.05) is 24.3 Å². The van der Waals surface area contributed by atoms with Gasteiger partial charge in [-0.25, -0.2) is 0 Å². The van der Waals surface area contributed by atoms with Gasteiger partial charge < -0.3 is 14.8 Å². The number of hydrogen-bond acceptors (Lipinski definition) is 6. The highest BCUT2D eigenvalue weighted by Crippen LogP contribution is 2.57. The molecule has 0 bridgehead atoms. The maximum atomic E-state index is 13.4. The average molecular weight is 398 g/mol. The summed E-state index contributed by atoms with van der Waals surface area (Å²) in [5, 5.41) is 3.03. The van der Waals surface area contributed by atoms with Crippen molar-refractivity contribution >= 4 is 23.3 Å². The zero-order valence-corrected chi connectivity index (χ0v) is 16.8. The minimum absolute atomic E-state index is 0.0628. The number of hydrogen-bond donors (Lipinski definition) is 1. The molecular formula is C22H26N2O5. The van der Waals surface area contributed by atoms with E-state index in [1.54, 1.807) is 7.11 Å². The molecular weight excluding hydrogens is 372 g/mol. The summed E-state index contributed by atoms with van der Waals surface area (Å²) in [5.41, 5.74) is 0.483. The summed E-state index contributed by atoms with van der Waals surface area (Å²) >= 11 is 0. The van der Waals surface area contributed by atoms with E-state index >= 15 is 0 Å². The minimum atomic E-state index is -0.810. The fraction of sp³-hybridized carbons (Fsp3) is 0.591. The molecule has 1 saturated carbocycles. The summed E-state index contributed by atoms with van der Waals surface area (Å²) in [4.78, 5) is 40.7. The first-order valence-electron chi connectivity index (χ1n) is 10.3. The molecule has 5 atom stereocenters. The van der Waals surface area contributed by atoms with Gasteiger partial charge in [-0.3, -0.25) is 19.3 Å². The molecule has 1 N–H and O–H groups in total. The molecule has 3 heterocycles. The number of Topliss-reactive ketones (excluding diaryl/α,β-unsaturated/α-hetero) is 1. The predicted molar refractivity (Wildman–Crippen MR) is 104 cm³/mol. The molecule has 1 amide bonds. The van der Waals surface area contributed by atoms with Crippen LogP contribution in [0.2, 0.25) is 0 Å². The number of rotatable bonds is 2. The number of ketones is 1. The Morgan fingerprint density at radius 2 is 1.97 bits per heavy atom. The first-order valence-corrected chi connectivity index (χ1v) is 10.3. The Balaban J connectivity index is 1.66. The number of esters is 1. The van der Waals surface area contributed by atoms with Crippen LogP contribution in [0.3, 0.4) is 0 Å². The fourth-order valence-electron chi connectivity index (χ4n) is 6.47. The van der Waals surface area contributed by atoms with Crippen molar-refractivity contribution in [2.45, 2.75) is 67.7 Å². The number of fused-ring (bicyclic) bond motifs is 6. The van der Waals surface area contributed by atoms with Gasteiger partial charge in [0.2, 0.25) is 5.91 Å². The molecule has 7 nitrogen and oxygen atoms in total. The first kappa shape index (κ1) is 18.8. The van der Waals surface area contributed by atoms with Gasteiger partial charge in [0.1, 0.15) is 11.8 Å². The number of amides is 1. The van der Waals surface area contributed by atoms with Crippen LogP contribution in [-0.2, 0) is 29.3 Å². The molecule has 29 heavy (non-hydrogen) atoms. The number of nitrogens with zero attached hydrogens (tertiary/aromatic N) is 1. The van der Waals surface area contributed by atoms with Crippen molar-refractivity contribution in [3.63, 3.8) is 0 Å². The van der Waals surface area contributed by atoms with Gasteiger partial charge in [-0.1, -0.05) is 18.2 Å². The summed E-state index contributed by atoms with van der Waals surface area (Å²) in [5.74, 6) is -0.231. The number of para-hydroxylation sites is 1. The Bertz CT molecular complexity index is 901. The van der Waals surface area contributed by atoms with Crippen LogP contribution in [0.4, 0.5) is 5.69 Å². The lowest BCUT2D eigenvalue weighted by Crippen LogP contribution is -2.66. The highest BCUT2D eigenvalue weighted by molar-refractivity contribution is 6.08. The van der Waals surface area contributed by atoms with Crippen LogP contribution in [0.15, 0.2) is 24.3 Å². The SMILES string of the molecule is COC(=O)[C@H]1C[C@@]2(C(=O)Nc3ccccc32)[C@H]2CC[C@]3(OC)CCC(=O)CC3N12. The number of anilines is 1. The third-order valence-electron chi connectivity index (χ3n) is 7.80. The molecule has 4 aliphatic rings. The number of benzene rings is 1. The van der Waals surface area contributed by atoms with Gasteiger partial charge >= 0.3 is 5.97 Å². The standard InChI is InChI=1S/C22H26N2O5/c1-28-19(26)16-12-22(14-5-3-4-6-15(14)23-20(22)27)17-8-10-21(29-2)9-7-13(25)11-18(21)24(16)17/h3-6,16-18H,7-12H2,1-2H3,(H,23,27)/t16-,17-,18?,21-,22+/m1/s1. The van der Waals surface area contributed by atoms with Gasteiger partial charge in [0, 0.05) is 37.7 Å². The maximum absolute atomic E-state index is 13.4. The summed E-state index contributed by atoms with van der Waals surface area (Å²) in [6, 6.07) is 6.75. The Labute approximate surface area is 169 Å². The van der Waals surface area contributed by atoms with Gasteiger partial charge in [0.15, 0.2) is 0 Å². The van der Waals surface area contributed by atoms with E-state index in [2.05, 4.69) is 10.2 Å². The Morgan fingerprint density at radius 3 is 2.72 bits per heavy atom. The molecule has 3 aliphatic heterocycles. The number of nitrogens with one attached hydrogen (secondary N) is 1. The van der Waals surface area contributed by atoms with E-state index in [0.717, 1.165) is 24.1 Å². The van der Waals surface area contributed by atoms with Gasteiger partial charge in [-0.2, -0.15) is 0 Å². The third-order valence-corrected chi connectivity index (χ3v) is 7.80. The summed E-state index contributed by atoms with van der Waals surface area (Å²) in [7, 11) is 3.07. The highest BCUT2D eigenvalue weighted by Gasteiger charge is 2.68. The molecule has 1 aromatic rings. The molecule has 7 heteroatoms. The average Bonchev–Trinajstić information content (AvgIpc) is 3.24. The molecule has 1 spiro atoms. The summed E-state index contributed by atoms with van der Waals surface area (Å²) in [6.07, 6.45) is 3.36. The Hall–Kier alpha value is -2.25. The van der Waals surface area contributed by atoms with Crippen molar-refractivity contribution < 1.29 is 23.9 Å². The van der Waals surface area contributed by atoms with Gasteiger partial charge in [-0.15, -0.1) is 0 Å². The molecule has 5 rings (SSSR count). The van der Waals surface area contributed by atoms with E-state index in [9.17, 15) is 14.4 Å². The highest BCUT2D eigenvalue weighted by atomic mass is 16.5. The molecule has 3 fully saturated rings. The molecule has 1 unspecified atom stereocenters. The van der Waals surface area contributed by atoms with Crippen molar-refractivity contribution in [1.29, 1.82) is 0 Å². The Kier molecular flexibility index (Phi) is 4.12. The molecule has 0 aromatic heterocycles. The fourth-order valence-corrected chi connectivity index (χ4v) is 6.47. The molecule has 1 aromatic carbocycles. The first-order chi connectivity index (χ1) is 14.0. The summed E-state index contributed by atoms with van der Waals surface area (Å²) < 4.78 is 11.1. The molecule has 0 radical (unpaired) electrons. The van der Waals surface area contributed by atoms with Gasteiger partial charge in [-0.05, 0) is 37.3 Å². The quantitative estimate of drug-likeness (QED) is 0.765. The third kappa shape index (κ3) is 2.34. The molecule has 154 valence electrons. The van der Waals surface area contributed by atoms with Crippen molar-refractivity contribution in [2.24, 2.45) is 0 Å². The van der Waals surface area contributed by atoms with Gasteiger partial charge in [0.05, 0.1) is 18.1 Å². The van der Waals surface area contributed by atoms with Crippen molar-refractivity contribution in [3.8, 4) is 0 Å². The number of methoxy groups -OCH3 is 2. The predicted octanol–water partition coefficient (Wildman–Crippen LogP) is 1.79. The minimum Gasteiger partial charge on any atom is -0.468 e. The zero-order valence-electron chi connectivity index (χ0n) is 16.8. The zero-order chi connectivity index (χ0) is 20.4. The normalized spacial score (nSPS) is 38.3. The second kappa shape index (κ2) is 6.37. The number of carbonyl (C=O) groups excluding carboxylic acids is 3.